The maximum absolute atomic E-state index is 11.5. The second-order valence-corrected chi connectivity index (χ2v) is 5.82. The Bertz CT molecular complexity index is 309. The van der Waals surface area contributed by atoms with E-state index >= 15 is 0 Å². The fourth-order valence-corrected chi connectivity index (χ4v) is 2.98. The Balaban J connectivity index is 4.29. The smallest absolute Gasteiger partial charge is 0.304 e. The zero-order valence-electron chi connectivity index (χ0n) is 10.1. The first-order valence-electron chi connectivity index (χ1n) is 5.54. The van der Waals surface area contributed by atoms with Crippen LogP contribution in [0.2, 0.25) is 0 Å². The molecule has 0 rings (SSSR count). The second kappa shape index (κ2) is 6.85. The summed E-state index contributed by atoms with van der Waals surface area (Å²) < 4.78 is 25.5. The van der Waals surface area contributed by atoms with Gasteiger partial charge in [0, 0.05) is 6.04 Å². The highest BCUT2D eigenvalue weighted by molar-refractivity contribution is 7.89. The number of hydrogen-bond donors (Lipinski definition) is 2. The first kappa shape index (κ1) is 15.4. The lowest BCUT2D eigenvalue weighted by molar-refractivity contribution is -0.136. The van der Waals surface area contributed by atoms with Crippen molar-refractivity contribution in [2.75, 3.05) is 5.75 Å². The Kier molecular flexibility index (Phi) is 6.59. The van der Waals surface area contributed by atoms with Crippen molar-refractivity contribution >= 4 is 16.0 Å². The molecule has 0 spiro atoms. The predicted octanol–water partition coefficient (Wildman–Crippen LogP) is 1.21. The lowest BCUT2D eigenvalue weighted by atomic mass is 9.96. The van der Waals surface area contributed by atoms with Gasteiger partial charge in [-0.1, -0.05) is 26.7 Å². The highest BCUT2D eigenvalue weighted by Crippen LogP contribution is 2.13. The molecule has 0 aromatic carbocycles. The van der Waals surface area contributed by atoms with Gasteiger partial charge in [-0.3, -0.25) is 4.79 Å². The van der Waals surface area contributed by atoms with Gasteiger partial charge in [0.1, 0.15) is 0 Å². The Hall–Kier alpha value is -0.620. The fraction of sp³-hybridized carbons (Fsp3) is 0.900. The van der Waals surface area contributed by atoms with Crippen molar-refractivity contribution < 1.29 is 18.3 Å². The first-order valence-corrected chi connectivity index (χ1v) is 7.19. The van der Waals surface area contributed by atoms with Gasteiger partial charge in [0.15, 0.2) is 0 Å². The van der Waals surface area contributed by atoms with Crippen molar-refractivity contribution in [2.24, 2.45) is 5.92 Å². The Morgan fingerprint density at radius 1 is 1.31 bits per heavy atom. The molecule has 0 heterocycles. The molecule has 0 aromatic rings. The fourth-order valence-electron chi connectivity index (χ4n) is 1.66. The highest BCUT2D eigenvalue weighted by Gasteiger charge is 2.20. The zero-order chi connectivity index (χ0) is 12.8. The van der Waals surface area contributed by atoms with Crippen molar-refractivity contribution in [3.05, 3.63) is 0 Å². The molecule has 6 heteroatoms. The van der Waals surface area contributed by atoms with E-state index in [1.807, 2.05) is 20.8 Å². The van der Waals surface area contributed by atoms with Crippen LogP contribution in [0.1, 0.15) is 40.0 Å². The predicted molar refractivity (Wildman–Crippen MR) is 62.7 cm³/mol. The van der Waals surface area contributed by atoms with Crippen LogP contribution in [-0.4, -0.2) is 31.3 Å². The number of carbonyl (C=O) groups is 1. The number of rotatable bonds is 8. The van der Waals surface area contributed by atoms with Crippen LogP contribution >= 0.6 is 0 Å². The van der Waals surface area contributed by atoms with Crippen molar-refractivity contribution in [2.45, 2.75) is 46.1 Å². The molecule has 1 atom stereocenters. The SMILES string of the molecule is CCC(CC)C(C)NS(=O)(=O)CCC(=O)O. The van der Waals surface area contributed by atoms with E-state index in [0.717, 1.165) is 12.8 Å². The average molecular weight is 251 g/mol. The summed E-state index contributed by atoms with van der Waals surface area (Å²) in [4.78, 5) is 10.3. The third-order valence-electron chi connectivity index (χ3n) is 2.71. The van der Waals surface area contributed by atoms with Gasteiger partial charge in [0.25, 0.3) is 0 Å². The van der Waals surface area contributed by atoms with E-state index in [4.69, 9.17) is 5.11 Å². The molecule has 0 fully saturated rings. The van der Waals surface area contributed by atoms with Crippen LogP contribution in [-0.2, 0) is 14.8 Å². The van der Waals surface area contributed by atoms with Gasteiger partial charge in [0.2, 0.25) is 10.0 Å². The summed E-state index contributed by atoms with van der Waals surface area (Å²) in [5.74, 6) is -1.16. The number of hydrogen-bond acceptors (Lipinski definition) is 3. The van der Waals surface area contributed by atoms with Crippen molar-refractivity contribution in [3.8, 4) is 0 Å². The molecular weight excluding hydrogens is 230 g/mol. The summed E-state index contributed by atoms with van der Waals surface area (Å²) in [6.07, 6.45) is 1.45. The molecule has 0 aliphatic heterocycles. The summed E-state index contributed by atoms with van der Waals surface area (Å²) >= 11 is 0. The molecule has 0 aromatic heterocycles. The molecule has 5 nitrogen and oxygen atoms in total. The maximum atomic E-state index is 11.5. The quantitative estimate of drug-likeness (QED) is 0.679. The van der Waals surface area contributed by atoms with E-state index in [1.54, 1.807) is 0 Å². The van der Waals surface area contributed by atoms with Gasteiger partial charge in [0.05, 0.1) is 12.2 Å². The van der Waals surface area contributed by atoms with Gasteiger partial charge >= 0.3 is 5.97 Å². The Morgan fingerprint density at radius 3 is 2.19 bits per heavy atom. The summed E-state index contributed by atoms with van der Waals surface area (Å²) in [5, 5.41) is 8.42. The monoisotopic (exact) mass is 251 g/mol. The maximum Gasteiger partial charge on any atom is 0.304 e. The van der Waals surface area contributed by atoms with Crippen LogP contribution in [0, 0.1) is 5.92 Å². The number of carboxylic acids is 1. The first-order chi connectivity index (χ1) is 7.32. The molecule has 0 saturated heterocycles. The summed E-state index contributed by atoms with van der Waals surface area (Å²) in [6.45, 7) is 5.84. The molecule has 0 bridgehead atoms. The number of sulfonamides is 1. The normalized spacial score (nSPS) is 14.0. The minimum atomic E-state index is -3.47. The van der Waals surface area contributed by atoms with Gasteiger partial charge in [-0.05, 0) is 12.8 Å². The van der Waals surface area contributed by atoms with Crippen LogP contribution in [0.25, 0.3) is 0 Å². The van der Waals surface area contributed by atoms with Crippen LogP contribution in [0.3, 0.4) is 0 Å². The summed E-state index contributed by atoms with van der Waals surface area (Å²) in [7, 11) is -3.47. The molecule has 1 unspecified atom stereocenters. The second-order valence-electron chi connectivity index (χ2n) is 3.95. The Labute approximate surface area is 97.3 Å². The van der Waals surface area contributed by atoms with E-state index in [0.29, 0.717) is 5.92 Å². The zero-order valence-corrected chi connectivity index (χ0v) is 10.9. The molecule has 0 aliphatic carbocycles. The van der Waals surface area contributed by atoms with E-state index < -0.39 is 16.0 Å². The Morgan fingerprint density at radius 2 is 1.81 bits per heavy atom. The van der Waals surface area contributed by atoms with Crippen LogP contribution in [0.5, 0.6) is 0 Å². The van der Waals surface area contributed by atoms with Gasteiger partial charge in [-0.15, -0.1) is 0 Å². The topological polar surface area (TPSA) is 83.5 Å². The number of carboxylic acid groups (broad SMARTS) is 1. The molecule has 96 valence electrons. The summed E-state index contributed by atoms with van der Waals surface area (Å²) in [6, 6.07) is -0.145. The van der Waals surface area contributed by atoms with E-state index in [9.17, 15) is 13.2 Å². The lowest BCUT2D eigenvalue weighted by Gasteiger charge is -2.22. The van der Waals surface area contributed by atoms with E-state index in [2.05, 4.69) is 4.72 Å². The third kappa shape index (κ3) is 6.07. The van der Waals surface area contributed by atoms with E-state index in [-0.39, 0.29) is 18.2 Å². The molecule has 0 radical (unpaired) electrons. The highest BCUT2D eigenvalue weighted by atomic mass is 32.2. The van der Waals surface area contributed by atoms with Gasteiger partial charge in [-0.2, -0.15) is 0 Å². The number of aliphatic carboxylic acids is 1. The molecule has 16 heavy (non-hydrogen) atoms. The number of nitrogens with one attached hydrogen (secondary N) is 1. The molecular formula is C10H21NO4S. The molecule has 0 amide bonds. The minimum Gasteiger partial charge on any atom is -0.481 e. The van der Waals surface area contributed by atoms with Gasteiger partial charge < -0.3 is 5.11 Å². The van der Waals surface area contributed by atoms with E-state index in [1.165, 1.54) is 0 Å². The van der Waals surface area contributed by atoms with Crippen molar-refractivity contribution in [3.63, 3.8) is 0 Å². The molecule has 0 aliphatic rings. The standard InChI is InChI=1S/C10H21NO4S/c1-4-9(5-2)8(3)11-16(14,15)7-6-10(12)13/h8-9,11H,4-7H2,1-3H3,(H,12,13). The summed E-state index contributed by atoms with van der Waals surface area (Å²) in [5.41, 5.74) is 0. The molecule has 2 N–H and O–H groups in total. The van der Waals surface area contributed by atoms with Crippen LogP contribution in [0.4, 0.5) is 0 Å². The third-order valence-corrected chi connectivity index (χ3v) is 4.18. The van der Waals surface area contributed by atoms with Crippen LogP contribution in [0.15, 0.2) is 0 Å². The molecule has 0 saturated carbocycles. The minimum absolute atomic E-state index is 0.145. The largest absolute Gasteiger partial charge is 0.481 e. The lowest BCUT2D eigenvalue weighted by Crippen LogP contribution is -2.39. The van der Waals surface area contributed by atoms with Crippen molar-refractivity contribution in [1.29, 1.82) is 0 Å². The average Bonchev–Trinajstić information content (AvgIpc) is 2.16. The van der Waals surface area contributed by atoms with Crippen molar-refractivity contribution in [1.82, 2.24) is 4.72 Å². The van der Waals surface area contributed by atoms with Gasteiger partial charge in [-0.25, -0.2) is 13.1 Å². The van der Waals surface area contributed by atoms with Crippen LogP contribution < -0.4 is 4.72 Å².